The van der Waals surface area contributed by atoms with Crippen LogP contribution in [-0.2, 0) is 17.8 Å². The summed E-state index contributed by atoms with van der Waals surface area (Å²) in [6, 6.07) is 17.3. The number of halogens is 1. The van der Waals surface area contributed by atoms with Crippen molar-refractivity contribution >= 4 is 17.5 Å². The van der Waals surface area contributed by atoms with Crippen LogP contribution in [0.1, 0.15) is 12.0 Å². The number of carbonyl (C=O) groups excluding carboxylic acids is 1. The van der Waals surface area contributed by atoms with Crippen molar-refractivity contribution in [1.82, 2.24) is 25.5 Å². The number of nitrogens with one attached hydrogen (secondary N) is 1. The van der Waals surface area contributed by atoms with Crippen LogP contribution >= 0.6 is 11.6 Å². The maximum atomic E-state index is 12.0. The van der Waals surface area contributed by atoms with E-state index in [1.807, 2.05) is 30.3 Å². The van der Waals surface area contributed by atoms with E-state index < -0.39 is 0 Å². The van der Waals surface area contributed by atoms with Gasteiger partial charge in [0.15, 0.2) is 0 Å². The topological polar surface area (TPSA) is 72.7 Å². The van der Waals surface area contributed by atoms with E-state index in [2.05, 4.69) is 32.9 Å². The first kappa shape index (κ1) is 17.1. The van der Waals surface area contributed by atoms with Gasteiger partial charge in [0, 0.05) is 17.1 Å². The highest BCUT2D eigenvalue weighted by molar-refractivity contribution is 6.30. The molecule has 3 rings (SSSR count). The highest BCUT2D eigenvalue weighted by Crippen LogP contribution is 2.16. The van der Waals surface area contributed by atoms with Crippen LogP contribution in [0.2, 0.25) is 5.02 Å². The van der Waals surface area contributed by atoms with Gasteiger partial charge >= 0.3 is 0 Å². The van der Waals surface area contributed by atoms with Crippen LogP contribution in [-0.4, -0.2) is 32.7 Å². The molecule has 0 atom stereocenters. The SMILES string of the molecule is O=C(Cn1nnc(-c2ccc(Cl)cc2)n1)NCCCc1ccccc1. The molecule has 25 heavy (non-hydrogen) atoms. The quantitative estimate of drug-likeness (QED) is 0.661. The van der Waals surface area contributed by atoms with Crippen molar-refractivity contribution in [1.29, 1.82) is 0 Å². The average Bonchev–Trinajstić information content (AvgIpc) is 3.09. The van der Waals surface area contributed by atoms with Crippen molar-refractivity contribution in [2.45, 2.75) is 19.4 Å². The van der Waals surface area contributed by atoms with Crippen molar-refractivity contribution < 1.29 is 4.79 Å². The maximum Gasteiger partial charge on any atom is 0.243 e. The van der Waals surface area contributed by atoms with E-state index in [0.29, 0.717) is 17.4 Å². The highest BCUT2D eigenvalue weighted by Gasteiger charge is 2.09. The molecule has 1 aromatic heterocycles. The Morgan fingerprint density at radius 1 is 1.08 bits per heavy atom. The van der Waals surface area contributed by atoms with Gasteiger partial charge in [0.25, 0.3) is 0 Å². The monoisotopic (exact) mass is 355 g/mol. The fraction of sp³-hybridized carbons (Fsp3) is 0.222. The van der Waals surface area contributed by atoms with Gasteiger partial charge in [-0.3, -0.25) is 4.79 Å². The zero-order valence-corrected chi connectivity index (χ0v) is 14.4. The largest absolute Gasteiger partial charge is 0.354 e. The van der Waals surface area contributed by atoms with Crippen LogP contribution in [0.15, 0.2) is 54.6 Å². The van der Waals surface area contributed by atoms with Gasteiger partial charge in [-0.15, -0.1) is 10.2 Å². The Labute approximate surface area is 150 Å². The summed E-state index contributed by atoms with van der Waals surface area (Å²) in [6.07, 6.45) is 1.82. The number of benzene rings is 2. The fourth-order valence-corrected chi connectivity index (χ4v) is 2.50. The summed E-state index contributed by atoms with van der Waals surface area (Å²) < 4.78 is 0. The van der Waals surface area contributed by atoms with E-state index in [4.69, 9.17) is 11.6 Å². The third-order valence-corrected chi connectivity index (χ3v) is 3.90. The molecule has 0 bridgehead atoms. The summed E-state index contributed by atoms with van der Waals surface area (Å²) in [4.78, 5) is 13.2. The lowest BCUT2D eigenvalue weighted by atomic mass is 10.1. The van der Waals surface area contributed by atoms with Gasteiger partial charge in [0.1, 0.15) is 6.54 Å². The van der Waals surface area contributed by atoms with E-state index >= 15 is 0 Å². The summed E-state index contributed by atoms with van der Waals surface area (Å²) in [5.74, 6) is 0.335. The molecule has 0 aliphatic heterocycles. The molecule has 1 N–H and O–H groups in total. The first-order valence-corrected chi connectivity index (χ1v) is 8.43. The lowest BCUT2D eigenvalue weighted by Gasteiger charge is -2.04. The van der Waals surface area contributed by atoms with Gasteiger partial charge in [0.05, 0.1) is 0 Å². The molecule has 0 saturated carbocycles. The molecule has 3 aromatic rings. The molecule has 128 valence electrons. The zero-order chi connectivity index (χ0) is 17.5. The van der Waals surface area contributed by atoms with Gasteiger partial charge in [-0.05, 0) is 47.9 Å². The molecule has 1 heterocycles. The molecule has 0 saturated heterocycles. The molecule has 0 unspecified atom stereocenters. The molecule has 7 heteroatoms. The molecular weight excluding hydrogens is 338 g/mol. The van der Waals surface area contributed by atoms with Gasteiger partial charge in [0.2, 0.25) is 11.7 Å². The van der Waals surface area contributed by atoms with Crippen molar-refractivity contribution in [2.24, 2.45) is 0 Å². The summed E-state index contributed by atoms with van der Waals surface area (Å²) in [5, 5.41) is 15.6. The predicted molar refractivity (Wildman–Crippen MR) is 96.0 cm³/mol. The number of aryl methyl sites for hydroxylation is 1. The number of aromatic nitrogens is 4. The van der Waals surface area contributed by atoms with Gasteiger partial charge < -0.3 is 5.32 Å². The normalized spacial score (nSPS) is 10.6. The number of hydrogen-bond donors (Lipinski definition) is 1. The molecule has 0 fully saturated rings. The number of nitrogens with zero attached hydrogens (tertiary/aromatic N) is 4. The third-order valence-electron chi connectivity index (χ3n) is 3.65. The van der Waals surface area contributed by atoms with E-state index in [1.165, 1.54) is 10.4 Å². The average molecular weight is 356 g/mol. The molecule has 0 aliphatic carbocycles. The van der Waals surface area contributed by atoms with E-state index in [0.717, 1.165) is 18.4 Å². The Hall–Kier alpha value is -2.73. The van der Waals surface area contributed by atoms with Crippen LogP contribution in [0.5, 0.6) is 0 Å². The Balaban J connectivity index is 1.44. The van der Waals surface area contributed by atoms with Crippen LogP contribution < -0.4 is 5.32 Å². The highest BCUT2D eigenvalue weighted by atomic mass is 35.5. The standard InChI is InChI=1S/C18H18ClN5O/c19-16-10-8-15(9-11-16)18-21-23-24(22-18)13-17(25)20-12-4-7-14-5-2-1-3-6-14/h1-3,5-6,8-11H,4,7,12-13H2,(H,20,25). The van der Waals surface area contributed by atoms with Crippen molar-refractivity contribution in [3.8, 4) is 11.4 Å². The van der Waals surface area contributed by atoms with Crippen molar-refractivity contribution in [2.75, 3.05) is 6.54 Å². The summed E-state index contributed by atoms with van der Waals surface area (Å²) in [7, 11) is 0. The van der Waals surface area contributed by atoms with Gasteiger partial charge in [-0.1, -0.05) is 41.9 Å². The van der Waals surface area contributed by atoms with Crippen LogP contribution in [0.4, 0.5) is 0 Å². The first-order valence-electron chi connectivity index (χ1n) is 8.05. The second kappa shape index (κ2) is 8.39. The smallest absolute Gasteiger partial charge is 0.243 e. The lowest BCUT2D eigenvalue weighted by Crippen LogP contribution is -2.29. The number of hydrogen-bond acceptors (Lipinski definition) is 4. The first-order chi connectivity index (χ1) is 12.2. The molecule has 1 amide bonds. The molecular formula is C18H18ClN5O. The Kier molecular flexibility index (Phi) is 5.74. The zero-order valence-electron chi connectivity index (χ0n) is 13.6. The molecule has 0 spiro atoms. The number of rotatable bonds is 7. The van der Waals surface area contributed by atoms with Crippen LogP contribution in [0.25, 0.3) is 11.4 Å². The van der Waals surface area contributed by atoms with E-state index in [9.17, 15) is 4.79 Å². The number of tetrazole rings is 1. The predicted octanol–water partition coefficient (Wildman–Crippen LogP) is 2.74. The minimum Gasteiger partial charge on any atom is -0.354 e. The van der Waals surface area contributed by atoms with Crippen molar-refractivity contribution in [3.05, 3.63) is 65.2 Å². The Morgan fingerprint density at radius 2 is 1.84 bits per heavy atom. The Morgan fingerprint density at radius 3 is 2.60 bits per heavy atom. The number of carbonyl (C=O) groups is 1. The third kappa shape index (κ3) is 5.12. The summed E-state index contributed by atoms with van der Waals surface area (Å²) in [5.41, 5.74) is 2.07. The number of amides is 1. The second-order valence-electron chi connectivity index (χ2n) is 5.59. The maximum absolute atomic E-state index is 12.0. The fourth-order valence-electron chi connectivity index (χ4n) is 2.37. The van der Waals surface area contributed by atoms with Crippen LogP contribution in [0.3, 0.4) is 0 Å². The van der Waals surface area contributed by atoms with E-state index in [-0.39, 0.29) is 12.5 Å². The molecule has 6 nitrogen and oxygen atoms in total. The molecule has 0 radical (unpaired) electrons. The summed E-state index contributed by atoms with van der Waals surface area (Å²) in [6.45, 7) is 0.665. The minimum atomic E-state index is -0.131. The van der Waals surface area contributed by atoms with Gasteiger partial charge in [-0.2, -0.15) is 4.80 Å². The second-order valence-corrected chi connectivity index (χ2v) is 6.03. The molecule has 0 aliphatic rings. The lowest BCUT2D eigenvalue weighted by molar-refractivity contribution is -0.122. The summed E-state index contributed by atoms with van der Waals surface area (Å²) >= 11 is 5.86. The minimum absolute atomic E-state index is 0.0475. The van der Waals surface area contributed by atoms with Gasteiger partial charge in [-0.25, -0.2) is 0 Å². The van der Waals surface area contributed by atoms with Crippen LogP contribution in [0, 0.1) is 0 Å². The molecule has 2 aromatic carbocycles. The van der Waals surface area contributed by atoms with Crippen molar-refractivity contribution in [3.63, 3.8) is 0 Å². The van der Waals surface area contributed by atoms with E-state index in [1.54, 1.807) is 12.1 Å². The Bertz CT molecular complexity index is 817.